The number of para-hydroxylation sites is 1. The van der Waals surface area contributed by atoms with E-state index < -0.39 is 11.7 Å². The van der Waals surface area contributed by atoms with Gasteiger partial charge in [-0.2, -0.15) is 0 Å². The van der Waals surface area contributed by atoms with Gasteiger partial charge in [0.25, 0.3) is 0 Å². The van der Waals surface area contributed by atoms with Crippen LogP contribution in [0.4, 0.5) is 4.79 Å². The molecule has 2 aromatic carbocycles. The highest BCUT2D eigenvalue weighted by Crippen LogP contribution is 2.43. The molecule has 0 heterocycles. The maximum absolute atomic E-state index is 12.8. The first kappa shape index (κ1) is 28.1. The number of ether oxygens (including phenoxy) is 2. The fraction of sp³-hybridized carbons (Fsp3) is 0.548. The second kappa shape index (κ2) is 12.8. The summed E-state index contributed by atoms with van der Waals surface area (Å²) < 4.78 is 11.2. The number of carbonyl (C=O) groups is 2. The summed E-state index contributed by atoms with van der Waals surface area (Å²) in [6.45, 7) is 1.15. The molecule has 2 atom stereocenters. The highest BCUT2D eigenvalue weighted by Gasteiger charge is 2.41. The van der Waals surface area contributed by atoms with Crippen LogP contribution in [0.5, 0.6) is 11.5 Å². The number of aliphatic hydroxyl groups is 1. The van der Waals surface area contributed by atoms with Gasteiger partial charge in [-0.3, -0.25) is 4.79 Å². The van der Waals surface area contributed by atoms with E-state index in [9.17, 15) is 14.7 Å². The summed E-state index contributed by atoms with van der Waals surface area (Å²) in [6.07, 6.45) is 8.32. The molecule has 2 aromatic rings. The van der Waals surface area contributed by atoms with Gasteiger partial charge in [-0.15, -0.1) is 0 Å². The summed E-state index contributed by atoms with van der Waals surface area (Å²) in [4.78, 5) is 27.7. The molecule has 0 bridgehead atoms. The van der Waals surface area contributed by atoms with Gasteiger partial charge in [0.2, 0.25) is 0 Å². The Hall–Kier alpha value is -2.90. The van der Waals surface area contributed by atoms with Crippen LogP contribution < -0.4 is 14.8 Å². The number of benzene rings is 2. The molecule has 206 valence electrons. The molecular weight excluding hydrogens is 480 g/mol. The second-order valence-electron chi connectivity index (χ2n) is 11.4. The van der Waals surface area contributed by atoms with E-state index in [4.69, 9.17) is 9.47 Å². The van der Waals surface area contributed by atoms with Crippen LogP contribution >= 0.6 is 0 Å². The van der Waals surface area contributed by atoms with E-state index in [0.29, 0.717) is 24.5 Å². The standard InChI is InChI=1S/C31H42N2O5/c1-33(2)22-25-12-7-10-19-31(25,36)24-13-11-16-27(20-24)38-29(35)32-23-30(17-8-4-9-18-30)21-28(34)37-26-14-5-3-6-15-26/h3,5-6,11,13-16,20,25,36H,4,7-10,12,17-19,21-23H2,1-2H3,(H,32,35). The number of rotatable bonds is 9. The van der Waals surface area contributed by atoms with Crippen molar-refractivity contribution in [1.29, 1.82) is 0 Å². The summed E-state index contributed by atoms with van der Waals surface area (Å²) in [6, 6.07) is 16.4. The van der Waals surface area contributed by atoms with Crippen LogP contribution in [0.1, 0.15) is 69.8 Å². The van der Waals surface area contributed by atoms with Crippen LogP contribution in [-0.2, 0) is 10.4 Å². The zero-order chi connectivity index (χ0) is 27.0. The van der Waals surface area contributed by atoms with Crippen molar-refractivity contribution >= 4 is 12.1 Å². The third-order valence-corrected chi connectivity index (χ3v) is 8.18. The van der Waals surface area contributed by atoms with Crippen molar-refractivity contribution in [2.45, 2.75) is 69.8 Å². The molecule has 2 unspecified atom stereocenters. The number of esters is 1. The lowest BCUT2D eigenvalue weighted by molar-refractivity contribution is -0.137. The molecule has 2 saturated carbocycles. The molecule has 4 rings (SSSR count). The summed E-state index contributed by atoms with van der Waals surface area (Å²) >= 11 is 0. The minimum Gasteiger partial charge on any atom is -0.427 e. The molecule has 0 saturated heterocycles. The van der Waals surface area contributed by atoms with E-state index in [1.54, 1.807) is 24.3 Å². The van der Waals surface area contributed by atoms with Crippen molar-refractivity contribution in [2.24, 2.45) is 11.3 Å². The first-order valence-electron chi connectivity index (χ1n) is 14.0. The average molecular weight is 523 g/mol. The van der Waals surface area contributed by atoms with Crippen LogP contribution in [0.3, 0.4) is 0 Å². The Morgan fingerprint density at radius 2 is 1.63 bits per heavy atom. The van der Waals surface area contributed by atoms with Crippen LogP contribution in [0, 0.1) is 11.3 Å². The molecule has 0 aliphatic heterocycles. The molecule has 7 heteroatoms. The minimum atomic E-state index is -0.941. The largest absolute Gasteiger partial charge is 0.427 e. The Bertz CT molecular complexity index is 1070. The van der Waals surface area contributed by atoms with Crippen molar-refractivity contribution < 1.29 is 24.2 Å². The first-order valence-corrected chi connectivity index (χ1v) is 14.0. The number of carbonyl (C=O) groups excluding carboxylic acids is 2. The van der Waals surface area contributed by atoms with Gasteiger partial charge in [0.1, 0.15) is 11.5 Å². The number of hydrogen-bond donors (Lipinski definition) is 2. The third-order valence-electron chi connectivity index (χ3n) is 8.18. The monoisotopic (exact) mass is 522 g/mol. The van der Waals surface area contributed by atoms with Gasteiger partial charge in [0, 0.05) is 19.0 Å². The zero-order valence-electron chi connectivity index (χ0n) is 22.8. The van der Waals surface area contributed by atoms with E-state index in [-0.39, 0.29) is 23.7 Å². The van der Waals surface area contributed by atoms with E-state index in [1.165, 1.54) is 0 Å². The first-order chi connectivity index (χ1) is 18.3. The van der Waals surface area contributed by atoms with Crippen LogP contribution in [0.25, 0.3) is 0 Å². The lowest BCUT2D eigenvalue weighted by Gasteiger charge is -2.41. The molecule has 0 aromatic heterocycles. The van der Waals surface area contributed by atoms with E-state index in [2.05, 4.69) is 10.2 Å². The predicted octanol–water partition coefficient (Wildman–Crippen LogP) is 5.66. The summed E-state index contributed by atoms with van der Waals surface area (Å²) in [5.41, 5.74) is -0.493. The molecule has 0 radical (unpaired) electrons. The smallest absolute Gasteiger partial charge is 0.412 e. The molecule has 0 spiro atoms. The SMILES string of the molecule is CN(C)CC1CCCCC1(O)c1cccc(OC(=O)NCC2(CC(=O)Oc3ccccc3)CCCCC2)c1. The van der Waals surface area contributed by atoms with Crippen molar-refractivity contribution in [1.82, 2.24) is 10.2 Å². The average Bonchev–Trinajstić information content (AvgIpc) is 2.90. The van der Waals surface area contributed by atoms with Crippen LogP contribution in [0.15, 0.2) is 54.6 Å². The maximum Gasteiger partial charge on any atom is 0.412 e. The van der Waals surface area contributed by atoms with Crippen LogP contribution in [0.2, 0.25) is 0 Å². The van der Waals surface area contributed by atoms with Gasteiger partial charge in [0.05, 0.1) is 12.0 Å². The number of nitrogens with zero attached hydrogens (tertiary/aromatic N) is 1. The lowest BCUT2D eigenvalue weighted by Crippen LogP contribution is -2.43. The zero-order valence-corrected chi connectivity index (χ0v) is 22.8. The Morgan fingerprint density at radius 1 is 0.921 bits per heavy atom. The van der Waals surface area contributed by atoms with Gasteiger partial charge in [-0.25, -0.2) is 4.79 Å². The quantitative estimate of drug-likeness (QED) is 0.326. The topological polar surface area (TPSA) is 88.1 Å². The van der Waals surface area contributed by atoms with Crippen molar-refractivity contribution in [3.63, 3.8) is 0 Å². The molecule has 2 N–H and O–H groups in total. The minimum absolute atomic E-state index is 0.122. The van der Waals surface area contributed by atoms with Crippen molar-refractivity contribution in [3.8, 4) is 11.5 Å². The lowest BCUT2D eigenvalue weighted by atomic mass is 9.71. The Morgan fingerprint density at radius 3 is 2.37 bits per heavy atom. The molecule has 7 nitrogen and oxygen atoms in total. The van der Waals surface area contributed by atoms with Gasteiger partial charge in [-0.05, 0) is 75.0 Å². The molecule has 2 aliphatic carbocycles. The van der Waals surface area contributed by atoms with Gasteiger partial charge < -0.3 is 24.8 Å². The van der Waals surface area contributed by atoms with Crippen molar-refractivity contribution in [3.05, 3.63) is 60.2 Å². The highest BCUT2D eigenvalue weighted by atomic mass is 16.6. The Labute approximate surface area is 226 Å². The van der Waals surface area contributed by atoms with Gasteiger partial charge in [-0.1, -0.05) is 62.4 Å². The number of amides is 1. The van der Waals surface area contributed by atoms with Gasteiger partial charge in [0.15, 0.2) is 0 Å². The van der Waals surface area contributed by atoms with Crippen molar-refractivity contribution in [2.75, 3.05) is 27.2 Å². The molecule has 1 amide bonds. The Kier molecular flexibility index (Phi) is 9.44. The van der Waals surface area contributed by atoms with Gasteiger partial charge >= 0.3 is 12.1 Å². The third kappa shape index (κ3) is 7.35. The number of nitrogens with one attached hydrogen (secondary N) is 1. The summed E-state index contributed by atoms with van der Waals surface area (Å²) in [5.74, 6) is 0.776. The van der Waals surface area contributed by atoms with E-state index in [1.807, 2.05) is 44.4 Å². The fourth-order valence-electron chi connectivity index (χ4n) is 6.20. The molecule has 38 heavy (non-hydrogen) atoms. The Balaban J connectivity index is 1.38. The maximum atomic E-state index is 12.8. The normalized spacial score (nSPS) is 23.0. The van der Waals surface area contributed by atoms with E-state index >= 15 is 0 Å². The highest BCUT2D eigenvalue weighted by molar-refractivity contribution is 5.74. The second-order valence-corrected chi connectivity index (χ2v) is 11.4. The number of hydrogen-bond acceptors (Lipinski definition) is 6. The summed E-state index contributed by atoms with van der Waals surface area (Å²) in [7, 11) is 4.05. The van der Waals surface area contributed by atoms with Crippen LogP contribution in [-0.4, -0.2) is 49.3 Å². The fourth-order valence-corrected chi connectivity index (χ4v) is 6.20. The predicted molar refractivity (Wildman–Crippen MR) is 147 cm³/mol. The molecule has 2 fully saturated rings. The van der Waals surface area contributed by atoms with E-state index in [0.717, 1.165) is 63.5 Å². The molecule has 2 aliphatic rings. The molecular formula is C31H42N2O5. The summed E-state index contributed by atoms with van der Waals surface area (Å²) in [5, 5.41) is 14.6.